The molecule has 7 rings (SSSR count). The lowest BCUT2D eigenvalue weighted by molar-refractivity contribution is -0.357. The van der Waals surface area contributed by atoms with Gasteiger partial charge in [0.2, 0.25) is 6.10 Å². The number of hydrogen-bond acceptors (Lipinski definition) is 17. The lowest BCUT2D eigenvalue weighted by Crippen LogP contribution is -2.82. The third-order valence-corrected chi connectivity index (χ3v) is 15.3. The molecule has 0 aromatic heterocycles. The lowest BCUT2D eigenvalue weighted by atomic mass is 9.44. The monoisotopic (exact) mass is 1050 g/mol. The minimum atomic E-state index is -2.46. The molecule has 2 saturated carbocycles. The highest BCUT2D eigenvalue weighted by Gasteiger charge is 2.78. The zero-order chi connectivity index (χ0) is 55.4. The quantitative estimate of drug-likeness (QED) is 0.0564. The second-order valence-corrected chi connectivity index (χ2v) is 21.9. The van der Waals surface area contributed by atoms with Crippen molar-refractivity contribution in [3.63, 3.8) is 0 Å². The number of esters is 4. The van der Waals surface area contributed by atoms with Crippen molar-refractivity contribution in [3.05, 3.63) is 119 Å². The summed E-state index contributed by atoms with van der Waals surface area (Å²) in [4.78, 5) is 97.6. The van der Waals surface area contributed by atoms with Crippen LogP contribution in [0, 0.1) is 16.7 Å². The fraction of sp³-hybridized carbons (Fsp3) is 0.526. The predicted octanol–water partition coefficient (Wildman–Crippen LogP) is 6.30. The van der Waals surface area contributed by atoms with Crippen LogP contribution in [0.2, 0.25) is 0 Å². The number of ether oxygens (including phenoxy) is 7. The van der Waals surface area contributed by atoms with Gasteiger partial charge in [0.05, 0.1) is 24.2 Å². The second-order valence-electron chi connectivity index (χ2n) is 21.9. The Kier molecular flexibility index (Phi) is 17.2. The van der Waals surface area contributed by atoms with E-state index in [0.717, 1.165) is 12.5 Å². The van der Waals surface area contributed by atoms with Crippen LogP contribution in [-0.4, -0.2) is 124 Å². The first-order valence-electron chi connectivity index (χ1n) is 25.6. The molecule has 3 aliphatic carbocycles. The van der Waals surface area contributed by atoms with Crippen LogP contribution in [0.1, 0.15) is 121 Å². The molecule has 4 aliphatic rings. The maximum Gasteiger partial charge on any atom is 0.408 e. The van der Waals surface area contributed by atoms with Gasteiger partial charge in [-0.15, -0.1) is 0 Å². The third-order valence-electron chi connectivity index (χ3n) is 15.3. The number of carbonyl (C=O) groups excluding carboxylic acids is 7. The lowest BCUT2D eigenvalue weighted by Gasteiger charge is -2.68. The molecule has 19 nitrogen and oxygen atoms in total. The number of hydrogen-bond donors (Lipinski definition) is 5. The molecule has 2 bridgehead atoms. The summed E-state index contributed by atoms with van der Waals surface area (Å²) in [6.45, 7) is 12.0. The molecule has 3 aromatic rings. The summed E-state index contributed by atoms with van der Waals surface area (Å²) in [5.41, 5.74) is -7.92. The molecule has 2 amide bonds. The maximum atomic E-state index is 15.2. The van der Waals surface area contributed by atoms with Crippen LogP contribution in [0.3, 0.4) is 0 Å². The van der Waals surface area contributed by atoms with E-state index in [1.165, 1.54) is 39.8 Å². The molecule has 76 heavy (non-hydrogen) atoms. The highest BCUT2D eigenvalue weighted by Crippen LogP contribution is 2.64. The van der Waals surface area contributed by atoms with Crippen LogP contribution in [0.25, 0.3) is 0 Å². The highest BCUT2D eigenvalue weighted by atomic mass is 16.6. The Morgan fingerprint density at radius 3 is 2.08 bits per heavy atom. The first-order valence-corrected chi connectivity index (χ1v) is 25.6. The predicted molar refractivity (Wildman–Crippen MR) is 271 cm³/mol. The summed E-state index contributed by atoms with van der Waals surface area (Å²) >= 11 is 0. The van der Waals surface area contributed by atoms with Crippen molar-refractivity contribution in [2.45, 2.75) is 160 Å². The van der Waals surface area contributed by atoms with E-state index in [-0.39, 0.29) is 55.7 Å². The maximum absolute atomic E-state index is 15.2. The van der Waals surface area contributed by atoms with Crippen LogP contribution >= 0.6 is 0 Å². The molecule has 1 saturated heterocycles. The van der Waals surface area contributed by atoms with Crippen LogP contribution in [0.5, 0.6) is 0 Å². The van der Waals surface area contributed by atoms with Crippen molar-refractivity contribution >= 4 is 41.8 Å². The number of aliphatic hydroxyl groups is 3. The highest BCUT2D eigenvalue weighted by molar-refractivity contribution is 6.02. The van der Waals surface area contributed by atoms with Gasteiger partial charge < -0.3 is 59.1 Å². The van der Waals surface area contributed by atoms with E-state index in [4.69, 9.17) is 33.2 Å². The number of nitrogens with one attached hydrogen (secondary N) is 2. The summed E-state index contributed by atoms with van der Waals surface area (Å²) in [6, 6.07) is 23.7. The van der Waals surface area contributed by atoms with Crippen molar-refractivity contribution in [1.29, 1.82) is 0 Å². The number of ketones is 1. The van der Waals surface area contributed by atoms with E-state index in [1.54, 1.807) is 69.3 Å². The van der Waals surface area contributed by atoms with Crippen LogP contribution < -0.4 is 10.6 Å². The van der Waals surface area contributed by atoms with Crippen LogP contribution in [0.15, 0.2) is 102 Å². The number of aliphatic hydroxyl groups excluding tert-OH is 2. The zero-order valence-electron chi connectivity index (χ0n) is 44.2. The van der Waals surface area contributed by atoms with E-state index in [1.807, 2.05) is 30.3 Å². The molecule has 3 fully saturated rings. The van der Waals surface area contributed by atoms with E-state index in [0.29, 0.717) is 18.4 Å². The first-order chi connectivity index (χ1) is 35.8. The standard InChI is InChI=1S/C57H70N2O17/c1-33-38(30-57(69)48(74-49(65)37-25-17-11-18-26-37)46-55(8,47(64)44(63)42(33)54(57,6)7)39(61)29-40-56(46,32-71-40)75-34(2)60)72-50(66)45(43(36-23-15-10-16-24-36)59-52(68)76-53(3,4)5)73-41(62)27-19-12-20-28-58-51(67)70-31-35-21-13-9-14-22-35/h9-11,13-18,21-26,38-40,43,45-48,61,64,69H,12,19-20,27-32H2,1-8H3,(H,58,67)(H,59,68)/t38-,39-,40+,43-,45+,46-,47?,48-,55+,56-,57+/m0/s1. The van der Waals surface area contributed by atoms with E-state index in [9.17, 15) is 39.3 Å². The van der Waals surface area contributed by atoms with Gasteiger partial charge in [0, 0.05) is 49.1 Å². The van der Waals surface area contributed by atoms with E-state index < -0.39 is 124 Å². The zero-order valence-corrected chi connectivity index (χ0v) is 44.2. The smallest absolute Gasteiger partial charge is 0.408 e. The van der Waals surface area contributed by atoms with Gasteiger partial charge in [-0.25, -0.2) is 19.2 Å². The fourth-order valence-corrected chi connectivity index (χ4v) is 11.4. The number of alkyl carbamates (subject to hydrolysis) is 2. The number of carbonyl (C=O) groups is 7. The minimum absolute atomic E-state index is 0.0549. The average Bonchev–Trinajstić information content (AvgIpc) is 3.38. The Hall–Kier alpha value is -6.67. The summed E-state index contributed by atoms with van der Waals surface area (Å²) in [5, 5.41) is 43.7. The van der Waals surface area contributed by atoms with Gasteiger partial charge in [-0.1, -0.05) is 106 Å². The van der Waals surface area contributed by atoms with Crippen molar-refractivity contribution in [3.8, 4) is 0 Å². The van der Waals surface area contributed by atoms with Gasteiger partial charge in [0.15, 0.2) is 11.4 Å². The fourth-order valence-electron chi connectivity index (χ4n) is 11.4. The largest absolute Gasteiger partial charge is 0.455 e. The average molecular weight is 1060 g/mol. The van der Waals surface area contributed by atoms with Gasteiger partial charge >= 0.3 is 36.1 Å². The molecule has 3 aromatic carbocycles. The number of unbranched alkanes of at least 4 members (excludes halogenated alkanes) is 2. The van der Waals surface area contributed by atoms with Gasteiger partial charge in [-0.2, -0.15) is 0 Å². The second kappa shape index (κ2) is 22.9. The van der Waals surface area contributed by atoms with Gasteiger partial charge in [0.1, 0.15) is 48.3 Å². The topological polar surface area (TPSA) is 269 Å². The Morgan fingerprint density at radius 2 is 1.47 bits per heavy atom. The minimum Gasteiger partial charge on any atom is -0.455 e. The normalized spacial score (nSPS) is 28.2. The number of amides is 2. The molecule has 11 atom stereocenters. The summed E-state index contributed by atoms with van der Waals surface area (Å²) in [6.07, 6.45) is -11.5. The Bertz CT molecular complexity index is 2650. The van der Waals surface area contributed by atoms with Crippen molar-refractivity contribution in [1.82, 2.24) is 10.6 Å². The molecule has 1 aliphatic heterocycles. The van der Waals surface area contributed by atoms with Crippen LogP contribution in [-0.2, 0) is 58.9 Å². The number of rotatable bonds is 17. The van der Waals surface area contributed by atoms with Crippen molar-refractivity contribution in [2.24, 2.45) is 16.7 Å². The van der Waals surface area contributed by atoms with Gasteiger partial charge in [-0.3, -0.25) is 14.4 Å². The molecule has 0 radical (unpaired) electrons. The van der Waals surface area contributed by atoms with Crippen LogP contribution in [0.4, 0.5) is 9.59 Å². The summed E-state index contributed by atoms with van der Waals surface area (Å²) in [7, 11) is 0. The van der Waals surface area contributed by atoms with Crippen molar-refractivity contribution < 1.29 is 82.0 Å². The third kappa shape index (κ3) is 11.7. The molecule has 410 valence electrons. The Morgan fingerprint density at radius 1 is 0.842 bits per heavy atom. The van der Waals surface area contributed by atoms with Crippen molar-refractivity contribution in [2.75, 3.05) is 13.2 Å². The SMILES string of the molecule is CC(=O)O[C@@]12CO[C@@H]1C[C@H](O)[C@@]1(C)C(O)C(=O)C3=C(C)[C@@H](OC(=O)[C@H](OC(=O)CCCCCNC(=O)OCc4ccccc4)[C@@H](NC(=O)OC(C)(C)C)c4ccccc4)C[C@@](O)([C@@H](OC(=O)c4ccccc4)[C@H]21)C3(C)C. The van der Waals surface area contributed by atoms with E-state index in [2.05, 4.69) is 10.6 Å². The molecule has 0 spiro atoms. The number of benzene rings is 3. The Labute approximate surface area is 441 Å². The molecule has 1 heterocycles. The summed E-state index contributed by atoms with van der Waals surface area (Å²) < 4.78 is 41.6. The Balaban J connectivity index is 1.23. The van der Waals surface area contributed by atoms with Gasteiger partial charge in [-0.05, 0) is 69.4 Å². The molecular formula is C57H70N2O17. The molecule has 1 unspecified atom stereocenters. The van der Waals surface area contributed by atoms with Gasteiger partial charge in [0.25, 0.3) is 0 Å². The summed E-state index contributed by atoms with van der Waals surface area (Å²) in [5.74, 6) is -6.32. The molecule has 5 N–H and O–H groups in total. The van der Waals surface area contributed by atoms with E-state index >= 15 is 9.59 Å². The number of fused-ring (bicyclic) bond motifs is 5. The number of Topliss-reactive ketones (excluding diaryl/α,β-unsaturated/α-hetero) is 1. The first kappa shape index (κ1) is 57.0. The molecule has 19 heteroatoms. The molecular weight excluding hydrogens is 985 g/mol.